The highest BCUT2D eigenvalue weighted by molar-refractivity contribution is 6.00. The number of para-hydroxylation sites is 2. The second-order valence-electron chi connectivity index (χ2n) is 4.62. The van der Waals surface area contributed by atoms with Crippen molar-refractivity contribution in [2.75, 3.05) is 19.0 Å². The maximum atomic E-state index is 11.9. The third-order valence-corrected chi connectivity index (χ3v) is 3.08. The average Bonchev–Trinajstić information content (AvgIpc) is 2.52. The summed E-state index contributed by atoms with van der Waals surface area (Å²) in [5.41, 5.74) is 0.534. The van der Waals surface area contributed by atoms with Gasteiger partial charge in [0, 0.05) is 0 Å². The van der Waals surface area contributed by atoms with Crippen LogP contribution in [0.25, 0.3) is 0 Å². The monoisotopic (exact) mass is 308 g/mol. The van der Waals surface area contributed by atoms with Gasteiger partial charge in [0.25, 0.3) is 5.91 Å². The number of carbonyl (C=O) groups excluding carboxylic acids is 3. The number of aliphatic hydroxyl groups excluding tert-OH is 1. The number of methoxy groups -OCH3 is 1. The van der Waals surface area contributed by atoms with Gasteiger partial charge in [-0.1, -0.05) is 12.1 Å². The highest BCUT2D eigenvalue weighted by Gasteiger charge is 2.31. The Kier molecular flexibility index (Phi) is 4.95. The highest BCUT2D eigenvalue weighted by atomic mass is 16.5. The molecule has 3 N–H and O–H groups in total. The van der Waals surface area contributed by atoms with Crippen LogP contribution in [0.15, 0.2) is 24.3 Å². The third kappa shape index (κ3) is 3.53. The molecular formula is C14H16N2O6. The van der Waals surface area contributed by atoms with Crippen molar-refractivity contribution in [3.8, 4) is 5.75 Å². The summed E-state index contributed by atoms with van der Waals surface area (Å²) in [6.07, 6.45) is -1.29. The molecule has 2 atom stereocenters. The van der Waals surface area contributed by atoms with E-state index in [4.69, 9.17) is 9.84 Å². The van der Waals surface area contributed by atoms with Crippen LogP contribution in [-0.2, 0) is 19.1 Å². The van der Waals surface area contributed by atoms with Crippen LogP contribution < -0.4 is 15.4 Å². The lowest BCUT2D eigenvalue weighted by molar-refractivity contribution is -0.146. The van der Waals surface area contributed by atoms with Gasteiger partial charge in [0.05, 0.1) is 25.8 Å². The Morgan fingerprint density at radius 1 is 1.45 bits per heavy atom. The van der Waals surface area contributed by atoms with Gasteiger partial charge < -0.3 is 25.2 Å². The van der Waals surface area contributed by atoms with E-state index in [0.29, 0.717) is 11.4 Å². The van der Waals surface area contributed by atoms with Crippen molar-refractivity contribution < 1.29 is 29.0 Å². The number of hydrogen-bond donors (Lipinski definition) is 3. The van der Waals surface area contributed by atoms with E-state index in [9.17, 15) is 14.4 Å². The maximum absolute atomic E-state index is 11.9. The Bertz CT molecular complexity index is 588. The molecule has 0 radical (unpaired) electrons. The van der Waals surface area contributed by atoms with Gasteiger partial charge in [-0.25, -0.2) is 4.79 Å². The van der Waals surface area contributed by atoms with Gasteiger partial charge in [-0.2, -0.15) is 0 Å². The van der Waals surface area contributed by atoms with Crippen LogP contribution in [-0.4, -0.2) is 48.8 Å². The molecule has 0 aliphatic carbocycles. The normalized spacial score (nSPS) is 17.5. The molecule has 8 heteroatoms. The third-order valence-electron chi connectivity index (χ3n) is 3.08. The predicted octanol–water partition coefficient (Wildman–Crippen LogP) is -0.574. The summed E-state index contributed by atoms with van der Waals surface area (Å²) in [6, 6.07) is 5.67. The Hall–Kier alpha value is -2.61. The molecule has 22 heavy (non-hydrogen) atoms. The molecule has 1 aromatic carbocycles. The van der Waals surface area contributed by atoms with E-state index in [1.165, 1.54) is 0 Å². The molecule has 118 valence electrons. The minimum Gasteiger partial charge on any atom is -0.478 e. The molecule has 0 aromatic heterocycles. The van der Waals surface area contributed by atoms with Crippen molar-refractivity contribution in [1.82, 2.24) is 5.32 Å². The van der Waals surface area contributed by atoms with E-state index in [2.05, 4.69) is 15.4 Å². The number of ether oxygens (including phenoxy) is 2. The largest absolute Gasteiger partial charge is 0.478 e. The zero-order valence-electron chi connectivity index (χ0n) is 11.9. The van der Waals surface area contributed by atoms with Gasteiger partial charge in [-0.05, 0) is 12.1 Å². The van der Waals surface area contributed by atoms with Gasteiger partial charge in [-0.3, -0.25) is 9.59 Å². The first-order valence-corrected chi connectivity index (χ1v) is 6.59. The fourth-order valence-electron chi connectivity index (χ4n) is 1.97. The fraction of sp³-hybridized carbons (Fsp3) is 0.357. The van der Waals surface area contributed by atoms with Crippen molar-refractivity contribution in [3.63, 3.8) is 0 Å². The molecule has 2 rings (SSSR count). The molecule has 0 saturated carbocycles. The van der Waals surface area contributed by atoms with Crippen molar-refractivity contribution in [2.24, 2.45) is 0 Å². The molecule has 0 bridgehead atoms. The highest BCUT2D eigenvalue weighted by Crippen LogP contribution is 2.29. The van der Waals surface area contributed by atoms with E-state index < -0.39 is 36.5 Å². The Labute approximate surface area is 126 Å². The van der Waals surface area contributed by atoms with Gasteiger partial charge in [-0.15, -0.1) is 0 Å². The summed E-state index contributed by atoms with van der Waals surface area (Å²) in [6.45, 7) is -0.598. The number of fused-ring (bicyclic) bond motifs is 1. The molecule has 1 aromatic rings. The summed E-state index contributed by atoms with van der Waals surface area (Å²) >= 11 is 0. The van der Waals surface area contributed by atoms with Crippen LogP contribution in [0.5, 0.6) is 5.75 Å². The number of benzene rings is 1. The second kappa shape index (κ2) is 6.90. The molecule has 2 amide bonds. The van der Waals surface area contributed by atoms with E-state index in [1.807, 2.05) is 0 Å². The quantitative estimate of drug-likeness (QED) is 0.628. The van der Waals surface area contributed by atoms with Crippen LogP contribution >= 0.6 is 0 Å². The Balaban J connectivity index is 1.97. The Morgan fingerprint density at radius 2 is 2.18 bits per heavy atom. The van der Waals surface area contributed by atoms with Crippen LogP contribution in [0.2, 0.25) is 0 Å². The molecule has 0 unspecified atom stereocenters. The van der Waals surface area contributed by atoms with E-state index in [0.717, 1.165) is 7.11 Å². The zero-order chi connectivity index (χ0) is 16.1. The molecule has 0 fully saturated rings. The summed E-state index contributed by atoms with van der Waals surface area (Å²) in [4.78, 5) is 35.0. The molecule has 8 nitrogen and oxygen atoms in total. The van der Waals surface area contributed by atoms with Crippen LogP contribution in [0.1, 0.15) is 6.42 Å². The number of carbonyl (C=O) groups is 3. The average molecular weight is 308 g/mol. The smallest absolute Gasteiger partial charge is 0.330 e. The maximum Gasteiger partial charge on any atom is 0.330 e. The van der Waals surface area contributed by atoms with E-state index in [-0.39, 0.29) is 6.42 Å². The summed E-state index contributed by atoms with van der Waals surface area (Å²) in [5, 5.41) is 14.0. The first-order valence-electron chi connectivity index (χ1n) is 6.59. The lowest BCUT2D eigenvalue weighted by Crippen LogP contribution is -2.47. The number of anilines is 1. The SMILES string of the molecule is COC(=O)[C@@H](CO)NC(=O)C[C@@H]1Oc2ccccc2NC1=O. The molecule has 1 heterocycles. The van der Waals surface area contributed by atoms with Gasteiger partial charge in [0.15, 0.2) is 12.1 Å². The number of nitrogens with one attached hydrogen (secondary N) is 2. The van der Waals surface area contributed by atoms with Gasteiger partial charge >= 0.3 is 5.97 Å². The first-order chi connectivity index (χ1) is 10.5. The summed E-state index contributed by atoms with van der Waals surface area (Å²) in [7, 11) is 1.14. The number of aliphatic hydroxyl groups is 1. The van der Waals surface area contributed by atoms with Crippen molar-refractivity contribution in [3.05, 3.63) is 24.3 Å². The van der Waals surface area contributed by atoms with Crippen molar-refractivity contribution in [2.45, 2.75) is 18.6 Å². The lowest BCUT2D eigenvalue weighted by Gasteiger charge is -2.25. The summed E-state index contributed by atoms with van der Waals surface area (Å²) < 4.78 is 9.90. The predicted molar refractivity (Wildman–Crippen MR) is 75.1 cm³/mol. The van der Waals surface area contributed by atoms with Crippen molar-refractivity contribution >= 4 is 23.5 Å². The number of esters is 1. The first kappa shape index (κ1) is 15.8. The van der Waals surface area contributed by atoms with Crippen molar-refractivity contribution in [1.29, 1.82) is 0 Å². The summed E-state index contributed by atoms with van der Waals surface area (Å²) in [5.74, 6) is -1.36. The second-order valence-corrected chi connectivity index (χ2v) is 4.62. The van der Waals surface area contributed by atoms with Crippen LogP contribution in [0.4, 0.5) is 5.69 Å². The minimum absolute atomic E-state index is 0.284. The van der Waals surface area contributed by atoms with Crippen LogP contribution in [0, 0.1) is 0 Å². The molecular weight excluding hydrogens is 292 g/mol. The standard InChI is InChI=1S/C14H16N2O6/c1-21-14(20)9(7-17)15-12(18)6-11-13(19)16-8-4-2-3-5-10(8)22-11/h2-5,9,11,17H,6-7H2,1H3,(H,15,18)(H,16,19)/t9-,11+/m1/s1. The minimum atomic E-state index is -1.17. The molecule has 0 spiro atoms. The number of rotatable bonds is 5. The Morgan fingerprint density at radius 3 is 2.86 bits per heavy atom. The number of amides is 2. The fourth-order valence-corrected chi connectivity index (χ4v) is 1.97. The topological polar surface area (TPSA) is 114 Å². The molecule has 1 aliphatic heterocycles. The molecule has 0 saturated heterocycles. The van der Waals surface area contributed by atoms with Gasteiger partial charge in [0.1, 0.15) is 5.75 Å². The van der Waals surface area contributed by atoms with E-state index in [1.54, 1.807) is 24.3 Å². The zero-order valence-corrected chi connectivity index (χ0v) is 11.9. The lowest BCUT2D eigenvalue weighted by atomic mass is 10.1. The van der Waals surface area contributed by atoms with Gasteiger partial charge in [0.2, 0.25) is 5.91 Å². The molecule has 1 aliphatic rings. The van der Waals surface area contributed by atoms with E-state index >= 15 is 0 Å². The number of hydrogen-bond acceptors (Lipinski definition) is 6. The van der Waals surface area contributed by atoms with Crippen LogP contribution in [0.3, 0.4) is 0 Å².